The van der Waals surface area contributed by atoms with Crippen LogP contribution >= 0.6 is 11.8 Å². The molecule has 0 fully saturated rings. The Balaban J connectivity index is 1.76. The Morgan fingerprint density at radius 3 is 2.52 bits per heavy atom. The molecule has 0 saturated heterocycles. The van der Waals surface area contributed by atoms with Gasteiger partial charge in [-0.2, -0.15) is 0 Å². The van der Waals surface area contributed by atoms with E-state index in [2.05, 4.69) is 38.1 Å². The highest BCUT2D eigenvalue weighted by Crippen LogP contribution is 2.22. The molecule has 0 unspecified atom stereocenters. The number of ether oxygens (including phenoxy) is 1. The molecule has 2 aromatic rings. The average molecular weight is 301 g/mol. The highest BCUT2D eigenvalue weighted by molar-refractivity contribution is 7.99. The predicted molar refractivity (Wildman–Crippen MR) is 91.1 cm³/mol. The van der Waals surface area contributed by atoms with Gasteiger partial charge in [-0.15, -0.1) is 11.8 Å². The van der Waals surface area contributed by atoms with Gasteiger partial charge in [-0.05, 0) is 41.3 Å². The lowest BCUT2D eigenvalue weighted by atomic mass is 10.0. The molecule has 112 valence electrons. The maximum atomic E-state index is 5.76. The molecule has 0 saturated carbocycles. The minimum atomic E-state index is 0.550. The monoisotopic (exact) mass is 301 g/mol. The van der Waals surface area contributed by atoms with Crippen molar-refractivity contribution in [1.82, 2.24) is 0 Å². The van der Waals surface area contributed by atoms with Crippen LogP contribution in [0.5, 0.6) is 5.75 Å². The maximum absolute atomic E-state index is 5.76. The molecule has 2 rings (SSSR count). The minimum absolute atomic E-state index is 0.550. The summed E-state index contributed by atoms with van der Waals surface area (Å²) in [6.07, 6.45) is 0. The molecule has 0 spiro atoms. The van der Waals surface area contributed by atoms with Crippen molar-refractivity contribution in [3.63, 3.8) is 0 Å². The van der Waals surface area contributed by atoms with Crippen LogP contribution < -0.4 is 10.5 Å². The van der Waals surface area contributed by atoms with E-state index >= 15 is 0 Å². The third kappa shape index (κ3) is 5.10. The molecule has 0 aromatic heterocycles. The smallest absolute Gasteiger partial charge is 0.119 e. The number of hydrogen-bond donors (Lipinski definition) is 1. The first-order chi connectivity index (χ1) is 10.2. The van der Waals surface area contributed by atoms with Crippen molar-refractivity contribution < 1.29 is 4.74 Å². The zero-order valence-corrected chi connectivity index (χ0v) is 13.5. The second-order valence-electron chi connectivity index (χ2n) is 5.27. The Morgan fingerprint density at radius 1 is 1.10 bits per heavy atom. The fraction of sp³-hybridized carbons (Fsp3) is 0.333. The van der Waals surface area contributed by atoms with Gasteiger partial charge in [0.15, 0.2) is 0 Å². The fourth-order valence-corrected chi connectivity index (χ4v) is 2.76. The van der Waals surface area contributed by atoms with Gasteiger partial charge in [0.1, 0.15) is 5.75 Å². The molecule has 0 atom stereocenters. The lowest BCUT2D eigenvalue weighted by molar-refractivity contribution is 0.343. The van der Waals surface area contributed by atoms with Crippen LogP contribution in [-0.4, -0.2) is 12.4 Å². The molecule has 0 amide bonds. The normalized spacial score (nSPS) is 10.9. The maximum Gasteiger partial charge on any atom is 0.119 e. The summed E-state index contributed by atoms with van der Waals surface area (Å²) in [5.41, 5.74) is 8.11. The fourth-order valence-electron chi connectivity index (χ4n) is 2.03. The van der Waals surface area contributed by atoms with Crippen molar-refractivity contribution >= 4 is 11.8 Å². The summed E-state index contributed by atoms with van der Waals surface area (Å²) in [5, 5.41) is 0. The molecule has 2 aromatic carbocycles. The van der Waals surface area contributed by atoms with E-state index in [9.17, 15) is 0 Å². The zero-order chi connectivity index (χ0) is 15.1. The highest BCUT2D eigenvalue weighted by Gasteiger charge is 2.00. The summed E-state index contributed by atoms with van der Waals surface area (Å²) < 4.78 is 5.76. The second-order valence-corrected chi connectivity index (χ2v) is 6.44. The molecular formula is C18H23NOS. The number of thioether (sulfide) groups is 1. The van der Waals surface area contributed by atoms with Crippen molar-refractivity contribution in [2.75, 3.05) is 12.4 Å². The van der Waals surface area contributed by atoms with Crippen LogP contribution in [0.2, 0.25) is 0 Å². The number of rotatable bonds is 7. The lowest BCUT2D eigenvalue weighted by Gasteiger charge is -2.08. The van der Waals surface area contributed by atoms with Gasteiger partial charge < -0.3 is 10.5 Å². The van der Waals surface area contributed by atoms with Crippen molar-refractivity contribution in [3.05, 3.63) is 59.7 Å². The van der Waals surface area contributed by atoms with Gasteiger partial charge in [-0.1, -0.05) is 38.1 Å². The first-order valence-electron chi connectivity index (χ1n) is 7.33. The molecule has 0 radical (unpaired) electrons. The van der Waals surface area contributed by atoms with E-state index in [4.69, 9.17) is 10.5 Å². The van der Waals surface area contributed by atoms with E-state index < -0.39 is 0 Å². The molecule has 0 bridgehead atoms. The van der Waals surface area contributed by atoms with Crippen LogP contribution in [0.4, 0.5) is 0 Å². The third-order valence-electron chi connectivity index (χ3n) is 3.30. The molecular weight excluding hydrogens is 278 g/mol. The molecule has 0 aliphatic rings. The summed E-state index contributed by atoms with van der Waals surface area (Å²) in [4.78, 5) is 1.29. The first kappa shape index (κ1) is 15.9. The summed E-state index contributed by atoms with van der Waals surface area (Å²) in [7, 11) is 0. The van der Waals surface area contributed by atoms with E-state index in [1.54, 1.807) is 0 Å². The SMILES string of the molecule is CC(C)c1ccc(SCCOc2cccc(CN)c2)cc1. The minimum Gasteiger partial charge on any atom is -0.493 e. The molecule has 2 nitrogen and oxygen atoms in total. The Bertz CT molecular complexity index is 551. The largest absolute Gasteiger partial charge is 0.493 e. The average Bonchev–Trinajstić information content (AvgIpc) is 2.52. The van der Waals surface area contributed by atoms with Gasteiger partial charge >= 0.3 is 0 Å². The van der Waals surface area contributed by atoms with E-state index in [0.29, 0.717) is 19.1 Å². The molecule has 3 heteroatoms. The second kappa shape index (κ2) is 8.11. The van der Waals surface area contributed by atoms with Gasteiger partial charge in [0, 0.05) is 17.2 Å². The Labute approximate surface area is 131 Å². The van der Waals surface area contributed by atoms with Gasteiger partial charge in [0.25, 0.3) is 0 Å². The van der Waals surface area contributed by atoms with Crippen LogP contribution in [-0.2, 0) is 6.54 Å². The van der Waals surface area contributed by atoms with Crippen molar-refractivity contribution in [3.8, 4) is 5.75 Å². The third-order valence-corrected chi connectivity index (χ3v) is 4.28. The van der Waals surface area contributed by atoms with Crippen LogP contribution in [0.1, 0.15) is 30.9 Å². The van der Waals surface area contributed by atoms with E-state index in [1.807, 2.05) is 36.0 Å². The topological polar surface area (TPSA) is 35.2 Å². The number of benzene rings is 2. The summed E-state index contributed by atoms with van der Waals surface area (Å²) in [6.45, 7) is 5.68. The Morgan fingerprint density at radius 2 is 1.86 bits per heavy atom. The molecule has 21 heavy (non-hydrogen) atoms. The van der Waals surface area contributed by atoms with Gasteiger partial charge in [0.05, 0.1) is 6.61 Å². The number of hydrogen-bond acceptors (Lipinski definition) is 3. The van der Waals surface area contributed by atoms with Gasteiger partial charge in [-0.3, -0.25) is 0 Å². The van der Waals surface area contributed by atoms with Crippen molar-refractivity contribution in [2.45, 2.75) is 31.2 Å². The molecule has 0 aliphatic heterocycles. The standard InChI is InChI=1S/C18H23NOS/c1-14(2)16-6-8-18(9-7-16)21-11-10-20-17-5-3-4-15(12-17)13-19/h3-9,12,14H,10-11,13,19H2,1-2H3. The van der Waals surface area contributed by atoms with Crippen LogP contribution in [0.3, 0.4) is 0 Å². The predicted octanol–water partition coefficient (Wildman–Crippen LogP) is 4.44. The molecule has 0 aliphatic carbocycles. The quantitative estimate of drug-likeness (QED) is 0.606. The van der Waals surface area contributed by atoms with E-state index in [-0.39, 0.29) is 0 Å². The Hall–Kier alpha value is -1.45. The zero-order valence-electron chi connectivity index (χ0n) is 12.7. The van der Waals surface area contributed by atoms with Crippen LogP contribution in [0, 0.1) is 0 Å². The summed E-state index contributed by atoms with van der Waals surface area (Å²) in [6, 6.07) is 16.8. The van der Waals surface area contributed by atoms with Gasteiger partial charge in [-0.25, -0.2) is 0 Å². The first-order valence-corrected chi connectivity index (χ1v) is 8.32. The molecule has 2 N–H and O–H groups in total. The number of nitrogens with two attached hydrogens (primary N) is 1. The Kier molecular flexibility index (Phi) is 6.15. The summed E-state index contributed by atoms with van der Waals surface area (Å²) >= 11 is 1.82. The molecule has 0 heterocycles. The highest BCUT2D eigenvalue weighted by atomic mass is 32.2. The van der Waals surface area contributed by atoms with E-state index in [0.717, 1.165) is 17.1 Å². The summed E-state index contributed by atoms with van der Waals surface area (Å²) in [5.74, 6) is 2.42. The van der Waals surface area contributed by atoms with Crippen molar-refractivity contribution in [2.24, 2.45) is 5.73 Å². The van der Waals surface area contributed by atoms with Gasteiger partial charge in [0.2, 0.25) is 0 Å². The lowest BCUT2D eigenvalue weighted by Crippen LogP contribution is -2.01. The van der Waals surface area contributed by atoms with Crippen molar-refractivity contribution in [1.29, 1.82) is 0 Å². The van der Waals surface area contributed by atoms with Crippen LogP contribution in [0.15, 0.2) is 53.4 Å². The van der Waals surface area contributed by atoms with Crippen LogP contribution in [0.25, 0.3) is 0 Å². The van der Waals surface area contributed by atoms with E-state index in [1.165, 1.54) is 10.5 Å².